The molecular weight excluding hydrogens is 496 g/mol. The van der Waals surface area contributed by atoms with Gasteiger partial charge in [0, 0.05) is 23.4 Å². The number of hydrazone groups is 1. The van der Waals surface area contributed by atoms with Crippen LogP contribution in [-0.2, 0) is 4.79 Å². The molecule has 0 bridgehead atoms. The van der Waals surface area contributed by atoms with Gasteiger partial charge in [0.1, 0.15) is 6.04 Å². The minimum Gasteiger partial charge on any atom is -0.493 e. The highest BCUT2D eigenvalue weighted by molar-refractivity contribution is 6.13. The molecule has 9 nitrogen and oxygen atoms in total. The number of benzene rings is 2. The number of methoxy groups -OCH3 is 1. The van der Waals surface area contributed by atoms with Crippen LogP contribution in [0.4, 0.5) is 0 Å². The van der Waals surface area contributed by atoms with Crippen molar-refractivity contribution in [3.8, 4) is 5.75 Å². The third-order valence-corrected chi connectivity index (χ3v) is 7.36. The summed E-state index contributed by atoms with van der Waals surface area (Å²) in [5.74, 6) is -0.301. The number of nitrogens with one attached hydrogen (secondary N) is 1. The molecule has 2 fully saturated rings. The lowest BCUT2D eigenvalue weighted by atomic mass is 9.97. The highest BCUT2D eigenvalue weighted by Crippen LogP contribution is 2.41. The fourth-order valence-corrected chi connectivity index (χ4v) is 4.84. The Labute approximate surface area is 224 Å². The molecular formula is C30H28N4O5. The molecule has 1 amide bonds. The first-order valence-corrected chi connectivity index (χ1v) is 13.1. The molecule has 2 aromatic carbocycles. The van der Waals surface area contributed by atoms with E-state index in [0.717, 1.165) is 15.7 Å². The Kier molecular flexibility index (Phi) is 6.34. The lowest BCUT2D eigenvalue weighted by Crippen LogP contribution is -2.41. The van der Waals surface area contributed by atoms with Crippen molar-refractivity contribution in [3.63, 3.8) is 0 Å². The number of hydrogen-bond acceptors (Lipinski definition) is 7. The predicted molar refractivity (Wildman–Crippen MR) is 146 cm³/mol. The van der Waals surface area contributed by atoms with E-state index in [-0.39, 0.29) is 16.8 Å². The second-order valence-electron chi connectivity index (χ2n) is 10.1. The number of amides is 1. The molecule has 0 saturated heterocycles. The molecule has 198 valence electrons. The van der Waals surface area contributed by atoms with Crippen LogP contribution in [0.1, 0.15) is 72.7 Å². The highest BCUT2D eigenvalue weighted by atomic mass is 16.5. The van der Waals surface area contributed by atoms with E-state index in [2.05, 4.69) is 39.8 Å². The molecule has 4 aromatic rings. The fourth-order valence-electron chi connectivity index (χ4n) is 4.84. The molecule has 0 unspecified atom stereocenters. The van der Waals surface area contributed by atoms with Crippen molar-refractivity contribution in [3.05, 3.63) is 104 Å². The fraction of sp³-hybridized carbons (Fsp3) is 0.300. The number of hydrogen-bond donors (Lipinski definition) is 1. The van der Waals surface area contributed by atoms with Crippen LogP contribution in [0.25, 0.3) is 11.1 Å². The molecule has 1 atom stereocenters. The van der Waals surface area contributed by atoms with E-state index in [9.17, 15) is 14.4 Å². The second kappa shape index (κ2) is 9.98. The highest BCUT2D eigenvalue weighted by Gasteiger charge is 2.27. The van der Waals surface area contributed by atoms with Crippen molar-refractivity contribution in [2.24, 2.45) is 5.10 Å². The Morgan fingerprint density at radius 3 is 2.21 bits per heavy atom. The molecule has 9 heteroatoms. The Hall–Kier alpha value is -4.53. The minimum absolute atomic E-state index is 0.0646. The predicted octanol–water partition coefficient (Wildman–Crippen LogP) is 4.24. The van der Waals surface area contributed by atoms with Crippen molar-refractivity contribution >= 4 is 22.7 Å². The minimum atomic E-state index is -1.20. The molecule has 39 heavy (non-hydrogen) atoms. The standard InChI is InChI=1S/C30H28N4O5/c1-17(34-29(36)26-27(39-30(34)37)24(38-2)13-14-31-26)28(35)33-32-25(22-7-3-5-20(15-22)18-9-10-18)23-8-4-6-21(16-23)19-11-12-19/h3-8,13-19H,9-12H2,1-2H3,(H,33,35)/t17-/m0/s1. The van der Waals surface area contributed by atoms with Gasteiger partial charge >= 0.3 is 5.76 Å². The maximum atomic E-state index is 13.2. The SMILES string of the molecule is COc1ccnc2c(=O)n([C@@H](C)C(=O)NN=C(c3cccc(C4CC4)c3)c3cccc(C4CC4)c3)c(=O)oc12. The number of fused-ring (bicyclic) bond motifs is 1. The van der Waals surface area contributed by atoms with Crippen LogP contribution in [0.2, 0.25) is 0 Å². The first kappa shape index (κ1) is 24.8. The number of ether oxygens (including phenoxy) is 1. The number of pyridine rings is 1. The summed E-state index contributed by atoms with van der Waals surface area (Å²) < 4.78 is 11.2. The molecule has 0 radical (unpaired) electrons. The zero-order chi connectivity index (χ0) is 27.1. The average Bonchev–Trinajstić information content (AvgIpc) is 3.86. The van der Waals surface area contributed by atoms with Crippen LogP contribution in [0.3, 0.4) is 0 Å². The monoisotopic (exact) mass is 524 g/mol. The number of rotatable bonds is 8. The summed E-state index contributed by atoms with van der Waals surface area (Å²) >= 11 is 0. The number of carbonyl (C=O) groups is 1. The van der Waals surface area contributed by atoms with Crippen LogP contribution in [0.5, 0.6) is 5.75 Å². The van der Waals surface area contributed by atoms with Crippen LogP contribution in [0, 0.1) is 0 Å². The zero-order valence-corrected chi connectivity index (χ0v) is 21.7. The third kappa shape index (κ3) is 4.87. The zero-order valence-electron chi connectivity index (χ0n) is 21.7. The van der Waals surface area contributed by atoms with E-state index in [1.807, 2.05) is 24.3 Å². The molecule has 1 N–H and O–H groups in total. The van der Waals surface area contributed by atoms with Gasteiger partial charge < -0.3 is 9.15 Å². The van der Waals surface area contributed by atoms with Crippen molar-refractivity contribution in [1.82, 2.24) is 15.0 Å². The maximum Gasteiger partial charge on any atom is 0.423 e. The van der Waals surface area contributed by atoms with Gasteiger partial charge in [0.25, 0.3) is 11.5 Å². The summed E-state index contributed by atoms with van der Waals surface area (Å²) in [6.07, 6.45) is 6.06. The van der Waals surface area contributed by atoms with Crippen LogP contribution in [0.15, 0.2) is 79.9 Å². The van der Waals surface area contributed by atoms with E-state index in [0.29, 0.717) is 17.5 Å². The number of nitrogens with zero attached hydrogens (tertiary/aromatic N) is 3. The molecule has 2 aromatic heterocycles. The maximum absolute atomic E-state index is 13.2. The van der Waals surface area contributed by atoms with Gasteiger partial charge in [-0.25, -0.2) is 19.8 Å². The summed E-state index contributed by atoms with van der Waals surface area (Å²) in [6.45, 7) is 1.44. The van der Waals surface area contributed by atoms with E-state index >= 15 is 0 Å². The smallest absolute Gasteiger partial charge is 0.423 e. The van der Waals surface area contributed by atoms with Gasteiger partial charge in [0.15, 0.2) is 11.3 Å². The average molecular weight is 525 g/mol. The molecule has 2 aliphatic carbocycles. The summed E-state index contributed by atoms with van der Waals surface area (Å²) in [5, 5.41) is 4.53. The van der Waals surface area contributed by atoms with Gasteiger partial charge in [0.05, 0.1) is 12.8 Å². The van der Waals surface area contributed by atoms with Crippen LogP contribution >= 0.6 is 0 Å². The van der Waals surface area contributed by atoms with Gasteiger partial charge in [-0.15, -0.1) is 0 Å². The molecule has 2 aliphatic rings. The van der Waals surface area contributed by atoms with Crippen molar-refractivity contribution in [2.75, 3.05) is 7.11 Å². The van der Waals surface area contributed by atoms with Gasteiger partial charge in [-0.05, 0) is 67.7 Å². The Balaban J connectivity index is 1.35. The number of carbonyl (C=O) groups excluding carboxylic acids is 1. The molecule has 2 saturated carbocycles. The van der Waals surface area contributed by atoms with Gasteiger partial charge in [0.2, 0.25) is 5.58 Å². The first-order chi connectivity index (χ1) is 18.9. The molecule has 6 rings (SSSR count). The summed E-state index contributed by atoms with van der Waals surface area (Å²) in [5.41, 5.74) is 6.57. The summed E-state index contributed by atoms with van der Waals surface area (Å²) in [6, 6.07) is 16.7. The lowest BCUT2D eigenvalue weighted by Gasteiger charge is -2.14. The normalized spacial score (nSPS) is 15.5. The summed E-state index contributed by atoms with van der Waals surface area (Å²) in [4.78, 5) is 43.2. The van der Waals surface area contributed by atoms with E-state index in [4.69, 9.17) is 9.15 Å². The Morgan fingerprint density at radius 1 is 1.03 bits per heavy atom. The lowest BCUT2D eigenvalue weighted by molar-refractivity contribution is -0.124. The van der Waals surface area contributed by atoms with E-state index < -0.39 is 23.3 Å². The third-order valence-electron chi connectivity index (χ3n) is 7.36. The van der Waals surface area contributed by atoms with E-state index in [1.165, 1.54) is 63.1 Å². The van der Waals surface area contributed by atoms with E-state index in [1.54, 1.807) is 0 Å². The topological polar surface area (TPSA) is 116 Å². The quantitative estimate of drug-likeness (QED) is 0.272. The molecule has 0 aliphatic heterocycles. The number of aromatic nitrogens is 2. The van der Waals surface area contributed by atoms with Crippen molar-refractivity contribution < 1.29 is 13.9 Å². The first-order valence-electron chi connectivity index (χ1n) is 13.1. The molecule has 0 spiro atoms. The Bertz CT molecular complexity index is 1670. The molecule has 2 heterocycles. The van der Waals surface area contributed by atoms with Crippen LogP contribution < -0.4 is 21.5 Å². The van der Waals surface area contributed by atoms with Crippen molar-refractivity contribution in [2.45, 2.75) is 50.5 Å². The van der Waals surface area contributed by atoms with Gasteiger partial charge in [-0.3, -0.25) is 9.59 Å². The summed E-state index contributed by atoms with van der Waals surface area (Å²) in [7, 11) is 1.40. The Morgan fingerprint density at radius 2 is 1.64 bits per heavy atom. The largest absolute Gasteiger partial charge is 0.493 e. The second-order valence-corrected chi connectivity index (χ2v) is 10.1. The van der Waals surface area contributed by atoms with Gasteiger partial charge in [-0.2, -0.15) is 5.10 Å². The van der Waals surface area contributed by atoms with Crippen molar-refractivity contribution in [1.29, 1.82) is 0 Å². The van der Waals surface area contributed by atoms with Crippen LogP contribution in [-0.4, -0.2) is 28.3 Å². The van der Waals surface area contributed by atoms with Gasteiger partial charge in [-0.1, -0.05) is 36.4 Å².